The molecule has 0 atom stereocenters. The summed E-state index contributed by atoms with van der Waals surface area (Å²) in [6.07, 6.45) is 5.66. The van der Waals surface area contributed by atoms with Crippen LogP contribution in [-0.4, -0.2) is 36.5 Å². The standard InChI is InChI=1S/C16H24N4O3/c21-16(12-19-13-4-1-2-5-13)18-11-3-10-17-14-6-8-15(9-7-14)20(22)23/h6-9,13,17,19H,1-5,10-12H2,(H,18,21). The Balaban J connectivity index is 1.52. The van der Waals surface area contributed by atoms with Crippen LogP contribution in [0, 0.1) is 10.1 Å². The molecule has 3 N–H and O–H groups in total. The first kappa shape index (κ1) is 17.2. The van der Waals surface area contributed by atoms with E-state index >= 15 is 0 Å². The fraction of sp³-hybridized carbons (Fsp3) is 0.562. The lowest BCUT2D eigenvalue weighted by Gasteiger charge is -2.12. The monoisotopic (exact) mass is 320 g/mol. The Hall–Kier alpha value is -2.15. The average molecular weight is 320 g/mol. The molecule has 1 aliphatic carbocycles. The summed E-state index contributed by atoms with van der Waals surface area (Å²) in [7, 11) is 0. The van der Waals surface area contributed by atoms with Gasteiger partial charge < -0.3 is 16.0 Å². The zero-order valence-electron chi connectivity index (χ0n) is 13.2. The molecule has 0 bridgehead atoms. The van der Waals surface area contributed by atoms with Crippen LogP contribution in [-0.2, 0) is 4.79 Å². The summed E-state index contributed by atoms with van der Waals surface area (Å²) in [4.78, 5) is 21.8. The van der Waals surface area contributed by atoms with Crippen LogP contribution in [0.2, 0.25) is 0 Å². The molecule has 0 aliphatic heterocycles. The number of non-ortho nitro benzene ring substituents is 1. The van der Waals surface area contributed by atoms with E-state index in [0.29, 0.717) is 25.7 Å². The molecule has 7 nitrogen and oxygen atoms in total. The molecular weight excluding hydrogens is 296 g/mol. The third-order valence-electron chi connectivity index (χ3n) is 3.99. The number of nitro benzene ring substituents is 1. The maximum absolute atomic E-state index is 11.7. The molecule has 0 aromatic heterocycles. The lowest BCUT2D eigenvalue weighted by atomic mass is 10.2. The molecule has 0 saturated heterocycles. The third kappa shape index (κ3) is 6.23. The topological polar surface area (TPSA) is 96.3 Å². The first-order chi connectivity index (χ1) is 11.1. The van der Waals surface area contributed by atoms with Gasteiger partial charge in [-0.2, -0.15) is 0 Å². The number of nitrogens with one attached hydrogen (secondary N) is 3. The summed E-state index contributed by atoms with van der Waals surface area (Å²) in [6.45, 7) is 1.71. The molecule has 7 heteroatoms. The zero-order valence-corrected chi connectivity index (χ0v) is 13.2. The van der Waals surface area contributed by atoms with Gasteiger partial charge in [-0.3, -0.25) is 14.9 Å². The van der Waals surface area contributed by atoms with E-state index in [1.165, 1.54) is 37.8 Å². The SMILES string of the molecule is O=C(CNC1CCCC1)NCCCNc1ccc([N+](=O)[O-])cc1. The molecule has 1 amide bonds. The summed E-state index contributed by atoms with van der Waals surface area (Å²) >= 11 is 0. The van der Waals surface area contributed by atoms with Crippen molar-refractivity contribution in [3.63, 3.8) is 0 Å². The van der Waals surface area contributed by atoms with Gasteiger partial charge in [-0.25, -0.2) is 0 Å². The molecule has 126 valence electrons. The molecule has 1 aromatic rings. The molecule has 1 aliphatic rings. The van der Waals surface area contributed by atoms with Crippen LogP contribution in [0.3, 0.4) is 0 Å². The van der Waals surface area contributed by atoms with Gasteiger partial charge in [-0.05, 0) is 31.4 Å². The molecular formula is C16H24N4O3. The second kappa shape index (κ2) is 9.09. The first-order valence-electron chi connectivity index (χ1n) is 8.13. The van der Waals surface area contributed by atoms with Gasteiger partial charge in [0.1, 0.15) is 0 Å². The van der Waals surface area contributed by atoms with E-state index < -0.39 is 4.92 Å². The van der Waals surface area contributed by atoms with E-state index in [0.717, 1.165) is 12.1 Å². The third-order valence-corrected chi connectivity index (χ3v) is 3.99. The Morgan fingerprint density at radius 2 is 1.87 bits per heavy atom. The quantitative estimate of drug-likeness (QED) is 0.367. The minimum atomic E-state index is -0.418. The van der Waals surface area contributed by atoms with Gasteiger partial charge in [0.25, 0.3) is 5.69 Å². The number of nitro groups is 1. The number of hydrogen-bond acceptors (Lipinski definition) is 5. The Morgan fingerprint density at radius 3 is 2.52 bits per heavy atom. The summed E-state index contributed by atoms with van der Waals surface area (Å²) in [5.41, 5.74) is 0.919. The van der Waals surface area contributed by atoms with Crippen LogP contribution in [0.15, 0.2) is 24.3 Å². The van der Waals surface area contributed by atoms with Gasteiger partial charge >= 0.3 is 0 Å². The average Bonchev–Trinajstić information content (AvgIpc) is 3.06. The van der Waals surface area contributed by atoms with Gasteiger partial charge in [0.2, 0.25) is 5.91 Å². The Bertz CT molecular complexity index is 513. The number of carbonyl (C=O) groups excluding carboxylic acids is 1. The maximum Gasteiger partial charge on any atom is 0.269 e. The summed E-state index contributed by atoms with van der Waals surface area (Å²) in [5, 5.41) is 19.9. The van der Waals surface area contributed by atoms with Gasteiger partial charge in [-0.15, -0.1) is 0 Å². The van der Waals surface area contributed by atoms with E-state index in [4.69, 9.17) is 0 Å². The molecule has 0 spiro atoms. The highest BCUT2D eigenvalue weighted by Gasteiger charge is 2.14. The Labute approximate surface area is 136 Å². The van der Waals surface area contributed by atoms with Gasteiger partial charge in [0, 0.05) is 37.0 Å². The molecule has 1 saturated carbocycles. The van der Waals surface area contributed by atoms with Crippen LogP contribution in [0.4, 0.5) is 11.4 Å². The van der Waals surface area contributed by atoms with Crippen molar-refractivity contribution in [3.05, 3.63) is 34.4 Å². The van der Waals surface area contributed by atoms with Crippen molar-refractivity contribution >= 4 is 17.3 Å². The van der Waals surface area contributed by atoms with Crippen molar-refractivity contribution in [3.8, 4) is 0 Å². The molecule has 2 rings (SSSR count). The number of hydrogen-bond donors (Lipinski definition) is 3. The predicted octanol–water partition coefficient (Wildman–Crippen LogP) is 2.05. The number of anilines is 1. The minimum Gasteiger partial charge on any atom is -0.385 e. The van der Waals surface area contributed by atoms with Crippen LogP contribution in [0.5, 0.6) is 0 Å². The van der Waals surface area contributed by atoms with Gasteiger partial charge in [0.15, 0.2) is 0 Å². The van der Waals surface area contributed by atoms with Gasteiger partial charge in [-0.1, -0.05) is 12.8 Å². The Kier molecular flexibility index (Phi) is 6.80. The number of carbonyl (C=O) groups is 1. The first-order valence-corrected chi connectivity index (χ1v) is 8.13. The van der Waals surface area contributed by atoms with Crippen LogP contribution in [0.25, 0.3) is 0 Å². The highest BCUT2D eigenvalue weighted by Crippen LogP contribution is 2.17. The molecule has 23 heavy (non-hydrogen) atoms. The molecule has 0 unspecified atom stereocenters. The number of rotatable bonds is 9. The van der Waals surface area contributed by atoms with Crippen molar-refractivity contribution in [2.24, 2.45) is 0 Å². The van der Waals surface area contributed by atoms with E-state index in [9.17, 15) is 14.9 Å². The minimum absolute atomic E-state index is 0.0345. The highest BCUT2D eigenvalue weighted by molar-refractivity contribution is 5.77. The zero-order chi connectivity index (χ0) is 16.5. The van der Waals surface area contributed by atoms with Crippen molar-refractivity contribution in [1.29, 1.82) is 0 Å². The molecule has 1 fully saturated rings. The van der Waals surface area contributed by atoms with Crippen LogP contribution < -0.4 is 16.0 Å². The lowest BCUT2D eigenvalue weighted by molar-refractivity contribution is -0.384. The lowest BCUT2D eigenvalue weighted by Crippen LogP contribution is -2.38. The van der Waals surface area contributed by atoms with E-state index in [-0.39, 0.29) is 11.6 Å². The predicted molar refractivity (Wildman–Crippen MR) is 89.5 cm³/mol. The fourth-order valence-corrected chi connectivity index (χ4v) is 2.68. The number of amides is 1. The normalized spacial score (nSPS) is 14.6. The number of benzene rings is 1. The van der Waals surface area contributed by atoms with Crippen molar-refractivity contribution in [2.75, 3.05) is 25.0 Å². The largest absolute Gasteiger partial charge is 0.385 e. The smallest absolute Gasteiger partial charge is 0.269 e. The highest BCUT2D eigenvalue weighted by atomic mass is 16.6. The van der Waals surface area contributed by atoms with E-state index in [1.807, 2.05) is 0 Å². The molecule has 0 radical (unpaired) electrons. The summed E-state index contributed by atoms with van der Waals surface area (Å²) < 4.78 is 0. The van der Waals surface area contributed by atoms with E-state index in [2.05, 4.69) is 16.0 Å². The van der Waals surface area contributed by atoms with Crippen molar-refractivity contribution in [2.45, 2.75) is 38.1 Å². The van der Waals surface area contributed by atoms with Crippen LogP contribution in [0.1, 0.15) is 32.1 Å². The summed E-state index contributed by atoms with van der Waals surface area (Å²) in [5.74, 6) is 0.0345. The Morgan fingerprint density at radius 1 is 1.17 bits per heavy atom. The molecule has 0 heterocycles. The van der Waals surface area contributed by atoms with Crippen molar-refractivity contribution in [1.82, 2.24) is 10.6 Å². The summed E-state index contributed by atoms with van der Waals surface area (Å²) in [6, 6.07) is 6.81. The van der Waals surface area contributed by atoms with Crippen molar-refractivity contribution < 1.29 is 9.72 Å². The van der Waals surface area contributed by atoms with Crippen LogP contribution >= 0.6 is 0 Å². The second-order valence-electron chi connectivity index (χ2n) is 5.80. The second-order valence-corrected chi connectivity index (χ2v) is 5.80. The fourth-order valence-electron chi connectivity index (χ4n) is 2.68. The van der Waals surface area contributed by atoms with Gasteiger partial charge in [0.05, 0.1) is 11.5 Å². The number of nitrogens with zero attached hydrogens (tertiary/aromatic N) is 1. The maximum atomic E-state index is 11.7. The van der Waals surface area contributed by atoms with E-state index in [1.54, 1.807) is 12.1 Å². The molecule has 1 aromatic carbocycles.